The van der Waals surface area contributed by atoms with Crippen molar-refractivity contribution in [2.45, 2.75) is 33.1 Å². The van der Waals surface area contributed by atoms with Crippen molar-refractivity contribution in [2.24, 2.45) is 5.73 Å². The summed E-state index contributed by atoms with van der Waals surface area (Å²) in [6.07, 6.45) is -0.363. The monoisotopic (exact) mass is 223 g/mol. The second-order valence-corrected chi connectivity index (χ2v) is 3.72. The molecule has 0 fully saturated rings. The average molecular weight is 223 g/mol. The zero-order valence-corrected chi connectivity index (χ0v) is 10.3. The van der Waals surface area contributed by atoms with Gasteiger partial charge in [-0.25, -0.2) is 0 Å². The van der Waals surface area contributed by atoms with E-state index in [1.807, 2.05) is 38.1 Å². The van der Waals surface area contributed by atoms with Crippen molar-refractivity contribution in [2.75, 3.05) is 13.2 Å². The predicted octanol–water partition coefficient (Wildman–Crippen LogP) is 2.39. The van der Waals surface area contributed by atoms with Gasteiger partial charge < -0.3 is 15.2 Å². The molecule has 0 saturated heterocycles. The third-order valence-corrected chi connectivity index (χ3v) is 2.42. The highest BCUT2D eigenvalue weighted by Crippen LogP contribution is 2.18. The minimum Gasteiger partial charge on any atom is -0.351 e. The summed E-state index contributed by atoms with van der Waals surface area (Å²) in [6, 6.07) is 7.89. The molecule has 1 aromatic carbocycles. The number of ether oxygens (including phenoxy) is 2. The molecule has 1 atom stereocenters. The molecule has 0 aliphatic carbocycles. The van der Waals surface area contributed by atoms with Gasteiger partial charge in [-0.3, -0.25) is 0 Å². The Balaban J connectivity index is 2.72. The van der Waals surface area contributed by atoms with Crippen molar-refractivity contribution in [1.82, 2.24) is 0 Å². The smallest absolute Gasteiger partial charge is 0.176 e. The summed E-state index contributed by atoms with van der Waals surface area (Å²) in [5.74, 6) is 0. The third kappa shape index (κ3) is 3.59. The molecule has 0 heterocycles. The molecule has 0 bridgehead atoms. The number of hydrogen-bond acceptors (Lipinski definition) is 3. The van der Waals surface area contributed by atoms with Crippen LogP contribution in [0.1, 0.15) is 31.0 Å². The molecule has 0 radical (unpaired) electrons. The van der Waals surface area contributed by atoms with Crippen LogP contribution in [0.25, 0.3) is 0 Å². The molecule has 0 amide bonds. The molecule has 0 aliphatic heterocycles. The van der Waals surface area contributed by atoms with Crippen molar-refractivity contribution >= 4 is 0 Å². The maximum atomic E-state index is 6.11. The molecule has 1 aromatic rings. The Morgan fingerprint density at radius 1 is 1.06 bits per heavy atom. The van der Waals surface area contributed by atoms with Gasteiger partial charge in [0.2, 0.25) is 0 Å². The van der Waals surface area contributed by atoms with E-state index in [0.717, 1.165) is 5.56 Å². The highest BCUT2D eigenvalue weighted by molar-refractivity contribution is 5.24. The van der Waals surface area contributed by atoms with Crippen LogP contribution in [0.2, 0.25) is 0 Å². The molecule has 0 aromatic heterocycles. The van der Waals surface area contributed by atoms with Crippen LogP contribution in [-0.4, -0.2) is 19.5 Å². The molecule has 3 nitrogen and oxygen atoms in total. The molecule has 1 rings (SSSR count). The first-order valence-electron chi connectivity index (χ1n) is 5.74. The predicted molar refractivity (Wildman–Crippen MR) is 65.1 cm³/mol. The van der Waals surface area contributed by atoms with Gasteiger partial charge in [0.25, 0.3) is 0 Å². The van der Waals surface area contributed by atoms with E-state index in [4.69, 9.17) is 15.2 Å². The van der Waals surface area contributed by atoms with Crippen molar-refractivity contribution in [3.8, 4) is 0 Å². The highest BCUT2D eigenvalue weighted by Gasteiger charge is 2.19. The van der Waals surface area contributed by atoms with Gasteiger partial charge in [-0.1, -0.05) is 29.8 Å². The zero-order valence-electron chi connectivity index (χ0n) is 10.3. The fourth-order valence-electron chi connectivity index (χ4n) is 1.53. The number of benzene rings is 1. The summed E-state index contributed by atoms with van der Waals surface area (Å²) in [5.41, 5.74) is 8.37. The highest BCUT2D eigenvalue weighted by atomic mass is 16.7. The van der Waals surface area contributed by atoms with Crippen molar-refractivity contribution in [3.05, 3.63) is 35.4 Å². The molecule has 0 saturated carbocycles. The van der Waals surface area contributed by atoms with Gasteiger partial charge in [-0.2, -0.15) is 0 Å². The molecule has 0 spiro atoms. The molecule has 90 valence electrons. The number of hydrogen-bond donors (Lipinski definition) is 1. The van der Waals surface area contributed by atoms with Crippen LogP contribution < -0.4 is 5.73 Å². The lowest BCUT2D eigenvalue weighted by molar-refractivity contribution is -0.149. The molecule has 16 heavy (non-hydrogen) atoms. The number of aryl methyl sites for hydroxylation is 1. The quantitative estimate of drug-likeness (QED) is 0.753. The van der Waals surface area contributed by atoms with Crippen molar-refractivity contribution in [3.63, 3.8) is 0 Å². The Labute approximate surface area is 97.6 Å². The SMILES string of the molecule is CCOC(OCC)C(N)c1ccc(C)cc1. The topological polar surface area (TPSA) is 44.5 Å². The lowest BCUT2D eigenvalue weighted by Crippen LogP contribution is -2.31. The van der Waals surface area contributed by atoms with E-state index >= 15 is 0 Å². The van der Waals surface area contributed by atoms with E-state index in [2.05, 4.69) is 6.92 Å². The van der Waals surface area contributed by atoms with Crippen LogP contribution in [0.5, 0.6) is 0 Å². The Morgan fingerprint density at radius 3 is 2.00 bits per heavy atom. The second kappa shape index (κ2) is 6.63. The summed E-state index contributed by atoms with van der Waals surface area (Å²) in [6.45, 7) is 7.13. The van der Waals surface area contributed by atoms with Crippen LogP contribution in [0, 0.1) is 6.92 Å². The van der Waals surface area contributed by atoms with Crippen LogP contribution in [0.15, 0.2) is 24.3 Å². The summed E-state index contributed by atoms with van der Waals surface area (Å²) >= 11 is 0. The van der Waals surface area contributed by atoms with Crippen molar-refractivity contribution < 1.29 is 9.47 Å². The maximum Gasteiger partial charge on any atom is 0.176 e. The van der Waals surface area contributed by atoms with Gasteiger partial charge in [0.05, 0.1) is 6.04 Å². The van der Waals surface area contributed by atoms with Crippen LogP contribution in [0.3, 0.4) is 0 Å². The maximum absolute atomic E-state index is 6.11. The molecule has 3 heteroatoms. The number of nitrogens with two attached hydrogens (primary N) is 1. The van der Waals surface area contributed by atoms with Gasteiger partial charge in [0.15, 0.2) is 6.29 Å². The minimum absolute atomic E-state index is 0.236. The lowest BCUT2D eigenvalue weighted by atomic mass is 10.1. The summed E-state index contributed by atoms with van der Waals surface area (Å²) in [7, 11) is 0. The Kier molecular flexibility index (Phi) is 5.46. The summed E-state index contributed by atoms with van der Waals surface area (Å²) < 4.78 is 11.0. The first-order valence-corrected chi connectivity index (χ1v) is 5.74. The van der Waals surface area contributed by atoms with E-state index < -0.39 is 0 Å². The van der Waals surface area contributed by atoms with E-state index in [0.29, 0.717) is 13.2 Å². The van der Waals surface area contributed by atoms with Crippen molar-refractivity contribution in [1.29, 1.82) is 0 Å². The summed E-state index contributed by atoms with van der Waals surface area (Å²) in [4.78, 5) is 0. The largest absolute Gasteiger partial charge is 0.351 e. The summed E-state index contributed by atoms with van der Waals surface area (Å²) in [5, 5.41) is 0. The van der Waals surface area contributed by atoms with E-state index in [1.165, 1.54) is 5.56 Å². The molecule has 0 aliphatic rings. The minimum atomic E-state index is -0.363. The molecular weight excluding hydrogens is 202 g/mol. The van der Waals surface area contributed by atoms with Crippen LogP contribution >= 0.6 is 0 Å². The van der Waals surface area contributed by atoms with Gasteiger partial charge in [-0.05, 0) is 26.3 Å². The Hall–Kier alpha value is -0.900. The fraction of sp³-hybridized carbons (Fsp3) is 0.538. The van der Waals surface area contributed by atoms with E-state index in [1.54, 1.807) is 0 Å². The van der Waals surface area contributed by atoms with Gasteiger partial charge in [0, 0.05) is 13.2 Å². The lowest BCUT2D eigenvalue weighted by Gasteiger charge is -2.23. The normalized spacial score (nSPS) is 13.1. The Bertz CT molecular complexity index is 291. The standard InChI is InChI=1S/C13H21NO2/c1-4-15-13(16-5-2)12(14)11-8-6-10(3)7-9-11/h6-9,12-13H,4-5,14H2,1-3H3. The molecular formula is C13H21NO2. The van der Waals surface area contributed by atoms with E-state index in [9.17, 15) is 0 Å². The third-order valence-electron chi connectivity index (χ3n) is 2.42. The second-order valence-electron chi connectivity index (χ2n) is 3.72. The fourth-order valence-corrected chi connectivity index (χ4v) is 1.53. The van der Waals surface area contributed by atoms with Gasteiger partial charge >= 0.3 is 0 Å². The molecule has 2 N–H and O–H groups in total. The zero-order chi connectivity index (χ0) is 12.0. The number of rotatable bonds is 6. The van der Waals surface area contributed by atoms with Crippen LogP contribution in [-0.2, 0) is 9.47 Å². The van der Waals surface area contributed by atoms with Crippen LogP contribution in [0.4, 0.5) is 0 Å². The molecule has 1 unspecified atom stereocenters. The van der Waals surface area contributed by atoms with Gasteiger partial charge in [-0.15, -0.1) is 0 Å². The van der Waals surface area contributed by atoms with Gasteiger partial charge in [0.1, 0.15) is 0 Å². The Morgan fingerprint density at radius 2 is 1.56 bits per heavy atom. The average Bonchev–Trinajstić information content (AvgIpc) is 2.29. The first-order chi connectivity index (χ1) is 7.69. The first kappa shape index (κ1) is 13.2. The van der Waals surface area contributed by atoms with E-state index in [-0.39, 0.29) is 12.3 Å².